The average molecular weight is 548 g/mol. The first-order valence-corrected chi connectivity index (χ1v) is 13.9. The highest BCUT2D eigenvalue weighted by Gasteiger charge is 2.32. The van der Waals surface area contributed by atoms with Gasteiger partial charge in [-0.15, -0.1) is 0 Å². The van der Waals surface area contributed by atoms with Crippen molar-refractivity contribution >= 4 is 61.2 Å². The molecule has 9 heteroatoms. The van der Waals surface area contributed by atoms with Crippen molar-refractivity contribution in [2.24, 2.45) is 0 Å². The number of hydrogen-bond acceptors (Lipinski definition) is 7. The quantitative estimate of drug-likeness (QED) is 0.159. The number of thiocarbonyl (C=S) groups is 1. The van der Waals surface area contributed by atoms with E-state index in [2.05, 4.69) is 0 Å². The fourth-order valence-electron chi connectivity index (χ4n) is 3.97. The molecule has 37 heavy (non-hydrogen) atoms. The molecule has 5 rings (SSSR count). The number of amides is 1. The lowest BCUT2D eigenvalue weighted by Crippen LogP contribution is -2.27. The van der Waals surface area contributed by atoms with Crippen molar-refractivity contribution in [2.75, 3.05) is 7.11 Å². The number of nitrogens with zero attached hydrogens (tertiary/aromatic N) is 1. The Balaban J connectivity index is 1.40. The molecule has 1 aliphatic heterocycles. The van der Waals surface area contributed by atoms with Gasteiger partial charge in [-0.05, 0) is 40.8 Å². The largest absolute Gasteiger partial charge is 0.493 e. The number of ether oxygens (including phenoxy) is 1. The molecule has 1 fully saturated rings. The van der Waals surface area contributed by atoms with Crippen LogP contribution in [0.1, 0.15) is 11.1 Å². The summed E-state index contributed by atoms with van der Waals surface area (Å²) >= 11 is 6.66. The standard InChI is InChI=1S/C28H21NO5S3/c1-33-24-16-20(17-25-27(30)29(28(35)36-25)18-19-8-3-2-4-9-19)14-15-23(24)34-37(31,32)26-13-7-11-21-10-5-6-12-22(21)26/h2-17H,18H2,1H3/b25-17+. The molecular weight excluding hydrogens is 527 g/mol. The minimum absolute atomic E-state index is 0.0456. The van der Waals surface area contributed by atoms with Gasteiger partial charge in [0.15, 0.2) is 11.5 Å². The van der Waals surface area contributed by atoms with Crippen LogP contribution < -0.4 is 8.92 Å². The Labute approximate surface area is 224 Å². The van der Waals surface area contributed by atoms with Crippen molar-refractivity contribution in [3.63, 3.8) is 0 Å². The molecule has 0 atom stereocenters. The van der Waals surface area contributed by atoms with E-state index in [1.807, 2.05) is 48.5 Å². The summed E-state index contributed by atoms with van der Waals surface area (Å²) in [5.74, 6) is 0.0817. The zero-order chi connectivity index (χ0) is 26.0. The fraction of sp³-hybridized carbons (Fsp3) is 0.0714. The first-order valence-electron chi connectivity index (χ1n) is 11.3. The van der Waals surface area contributed by atoms with Gasteiger partial charge in [-0.2, -0.15) is 8.42 Å². The molecule has 0 radical (unpaired) electrons. The minimum atomic E-state index is -4.14. The lowest BCUT2D eigenvalue weighted by atomic mass is 10.1. The van der Waals surface area contributed by atoms with Gasteiger partial charge in [0, 0.05) is 5.39 Å². The van der Waals surface area contributed by atoms with Crippen LogP contribution in [0.4, 0.5) is 0 Å². The van der Waals surface area contributed by atoms with Gasteiger partial charge in [-0.1, -0.05) is 96.8 Å². The van der Waals surface area contributed by atoms with E-state index >= 15 is 0 Å². The first kappa shape index (κ1) is 25.0. The van der Waals surface area contributed by atoms with Gasteiger partial charge in [0.2, 0.25) is 0 Å². The second kappa shape index (κ2) is 10.4. The summed E-state index contributed by atoms with van der Waals surface area (Å²) in [6.07, 6.45) is 1.70. The number of hydrogen-bond donors (Lipinski definition) is 0. The monoisotopic (exact) mass is 547 g/mol. The summed E-state index contributed by atoms with van der Waals surface area (Å²) in [6.45, 7) is 0.394. The Morgan fingerprint density at radius 3 is 2.43 bits per heavy atom. The zero-order valence-electron chi connectivity index (χ0n) is 19.7. The van der Waals surface area contributed by atoms with E-state index in [-0.39, 0.29) is 22.3 Å². The third kappa shape index (κ3) is 5.24. The van der Waals surface area contributed by atoms with Crippen LogP contribution in [0, 0.1) is 0 Å². The zero-order valence-corrected chi connectivity index (χ0v) is 22.1. The van der Waals surface area contributed by atoms with Crippen LogP contribution in [-0.2, 0) is 21.5 Å². The smallest absolute Gasteiger partial charge is 0.339 e. The molecule has 186 valence electrons. The fourth-order valence-corrected chi connectivity index (χ4v) is 6.39. The summed E-state index contributed by atoms with van der Waals surface area (Å²) in [6, 6.07) is 26.7. The Morgan fingerprint density at radius 1 is 0.919 bits per heavy atom. The van der Waals surface area contributed by atoms with Gasteiger partial charge in [0.25, 0.3) is 5.91 Å². The SMILES string of the molecule is COc1cc(/C=C2/SC(=S)N(Cc3ccccc3)C2=O)ccc1OS(=O)(=O)c1cccc2ccccc12. The molecule has 6 nitrogen and oxygen atoms in total. The van der Waals surface area contributed by atoms with Gasteiger partial charge in [0.05, 0.1) is 18.6 Å². The maximum Gasteiger partial charge on any atom is 0.339 e. The van der Waals surface area contributed by atoms with Gasteiger partial charge < -0.3 is 8.92 Å². The number of carbonyl (C=O) groups is 1. The third-order valence-corrected chi connectivity index (χ3v) is 8.43. The summed E-state index contributed by atoms with van der Waals surface area (Å²) in [5.41, 5.74) is 1.63. The molecule has 0 saturated carbocycles. The minimum Gasteiger partial charge on any atom is -0.493 e. The van der Waals surface area contributed by atoms with E-state index in [1.165, 1.54) is 31.0 Å². The molecule has 0 unspecified atom stereocenters. The van der Waals surface area contributed by atoms with E-state index < -0.39 is 10.1 Å². The highest BCUT2D eigenvalue weighted by atomic mass is 32.2. The van der Waals surface area contributed by atoms with Crippen molar-refractivity contribution in [1.29, 1.82) is 0 Å². The highest BCUT2D eigenvalue weighted by Crippen LogP contribution is 2.36. The predicted octanol–water partition coefficient (Wildman–Crippen LogP) is 6.02. The average Bonchev–Trinajstić information content (AvgIpc) is 3.16. The molecule has 4 aromatic carbocycles. The van der Waals surface area contributed by atoms with Crippen molar-refractivity contribution in [3.8, 4) is 11.5 Å². The van der Waals surface area contributed by atoms with E-state index in [0.29, 0.717) is 26.7 Å². The Morgan fingerprint density at radius 2 is 1.65 bits per heavy atom. The van der Waals surface area contributed by atoms with Crippen LogP contribution >= 0.6 is 24.0 Å². The maximum atomic E-state index is 13.2. The topological polar surface area (TPSA) is 72.9 Å². The lowest BCUT2D eigenvalue weighted by molar-refractivity contribution is -0.122. The van der Waals surface area contributed by atoms with Crippen LogP contribution in [0.25, 0.3) is 16.8 Å². The molecule has 0 aromatic heterocycles. The number of methoxy groups -OCH3 is 1. The molecule has 0 aliphatic carbocycles. The van der Waals surface area contributed by atoms with Crippen LogP contribution in [0.15, 0.2) is 101 Å². The van der Waals surface area contributed by atoms with Crippen molar-refractivity contribution in [3.05, 3.63) is 107 Å². The van der Waals surface area contributed by atoms with Crippen LogP contribution in [0.2, 0.25) is 0 Å². The molecular formula is C28H21NO5S3. The molecule has 1 aliphatic rings. The van der Waals surface area contributed by atoms with Crippen molar-refractivity contribution in [1.82, 2.24) is 4.90 Å². The van der Waals surface area contributed by atoms with Crippen LogP contribution in [-0.4, -0.2) is 30.7 Å². The molecule has 0 spiro atoms. The van der Waals surface area contributed by atoms with Crippen LogP contribution in [0.5, 0.6) is 11.5 Å². The van der Waals surface area contributed by atoms with E-state index in [9.17, 15) is 13.2 Å². The molecule has 1 heterocycles. The number of thioether (sulfide) groups is 1. The number of benzene rings is 4. The number of rotatable bonds is 7. The molecule has 1 amide bonds. The summed E-state index contributed by atoms with van der Waals surface area (Å²) < 4.78 is 37.7. The molecule has 0 bridgehead atoms. The van der Waals surface area contributed by atoms with E-state index in [1.54, 1.807) is 41.3 Å². The molecule has 1 saturated heterocycles. The molecule has 0 N–H and O–H groups in total. The van der Waals surface area contributed by atoms with Crippen LogP contribution in [0.3, 0.4) is 0 Å². The molecule has 4 aromatic rings. The Kier molecular flexibility index (Phi) is 7.01. The summed E-state index contributed by atoms with van der Waals surface area (Å²) in [7, 11) is -2.71. The maximum absolute atomic E-state index is 13.2. The summed E-state index contributed by atoms with van der Waals surface area (Å²) in [5, 5.41) is 1.36. The Bertz CT molecular complexity index is 1640. The lowest BCUT2D eigenvalue weighted by Gasteiger charge is -2.14. The van der Waals surface area contributed by atoms with Gasteiger partial charge in [-0.3, -0.25) is 9.69 Å². The predicted molar refractivity (Wildman–Crippen MR) is 150 cm³/mol. The normalized spacial score (nSPS) is 14.9. The highest BCUT2D eigenvalue weighted by molar-refractivity contribution is 8.26. The van der Waals surface area contributed by atoms with E-state index in [0.717, 1.165) is 10.9 Å². The first-order chi connectivity index (χ1) is 17.9. The Hall–Kier alpha value is -3.66. The van der Waals surface area contributed by atoms with Crippen molar-refractivity contribution < 1.29 is 22.1 Å². The second-order valence-corrected chi connectivity index (χ2v) is 11.4. The van der Waals surface area contributed by atoms with Crippen molar-refractivity contribution in [2.45, 2.75) is 11.4 Å². The summed E-state index contributed by atoms with van der Waals surface area (Å²) in [4.78, 5) is 15.1. The van der Waals surface area contributed by atoms with Gasteiger partial charge >= 0.3 is 10.1 Å². The number of carbonyl (C=O) groups excluding carboxylic acids is 1. The van der Waals surface area contributed by atoms with E-state index in [4.69, 9.17) is 21.1 Å². The van der Waals surface area contributed by atoms with Gasteiger partial charge in [0.1, 0.15) is 9.22 Å². The number of fused-ring (bicyclic) bond motifs is 1. The second-order valence-electron chi connectivity index (χ2n) is 8.18. The van der Waals surface area contributed by atoms with Gasteiger partial charge in [-0.25, -0.2) is 0 Å². The third-order valence-electron chi connectivity index (χ3n) is 5.76.